The Balaban J connectivity index is 1.62. The lowest BCUT2D eigenvalue weighted by Crippen LogP contribution is -2.13. The Kier molecular flexibility index (Phi) is 4.02. The summed E-state index contributed by atoms with van der Waals surface area (Å²) in [5.41, 5.74) is 5.15. The molecule has 0 radical (unpaired) electrons. The van der Waals surface area contributed by atoms with E-state index < -0.39 is 0 Å². The number of methoxy groups -OCH3 is 1. The number of nitrogens with one attached hydrogen (secondary N) is 3. The van der Waals surface area contributed by atoms with Crippen LogP contribution in [0.15, 0.2) is 73.1 Å². The molecule has 0 aliphatic carbocycles. The summed E-state index contributed by atoms with van der Waals surface area (Å²) in [5.74, 6) is 0.295. The highest BCUT2D eigenvalue weighted by Crippen LogP contribution is 2.34. The molecule has 6 nitrogen and oxygen atoms in total. The van der Waals surface area contributed by atoms with Crippen molar-refractivity contribution in [3.05, 3.63) is 78.6 Å². The van der Waals surface area contributed by atoms with E-state index in [1.807, 2.05) is 42.6 Å². The van der Waals surface area contributed by atoms with Crippen LogP contribution >= 0.6 is 0 Å². The van der Waals surface area contributed by atoms with Crippen molar-refractivity contribution in [1.82, 2.24) is 15.2 Å². The Hall–Kier alpha value is -4.06. The normalized spacial score (nSPS) is 11.1. The minimum absolute atomic E-state index is 0.234. The second kappa shape index (κ2) is 6.83. The maximum Gasteiger partial charge on any atom is 0.259 e. The van der Waals surface area contributed by atoms with Crippen LogP contribution in [0.1, 0.15) is 10.4 Å². The highest BCUT2D eigenvalue weighted by atomic mass is 16.5. The average Bonchev–Trinajstić information content (AvgIpc) is 3.42. The molecule has 5 aromatic rings. The molecule has 5 rings (SSSR count). The Morgan fingerprint density at radius 1 is 1.00 bits per heavy atom. The Labute approximate surface area is 166 Å². The third-order valence-electron chi connectivity index (χ3n) is 5.06. The lowest BCUT2D eigenvalue weighted by Gasteiger charge is -2.12. The van der Waals surface area contributed by atoms with Gasteiger partial charge in [0.15, 0.2) is 0 Å². The van der Waals surface area contributed by atoms with Crippen molar-refractivity contribution in [3.8, 4) is 16.9 Å². The zero-order chi connectivity index (χ0) is 19.8. The fourth-order valence-corrected chi connectivity index (χ4v) is 3.67. The minimum Gasteiger partial charge on any atom is -0.496 e. The molecule has 0 aliphatic rings. The van der Waals surface area contributed by atoms with Crippen molar-refractivity contribution < 1.29 is 9.53 Å². The van der Waals surface area contributed by atoms with Gasteiger partial charge in [0.1, 0.15) is 5.75 Å². The van der Waals surface area contributed by atoms with Crippen LogP contribution in [0.25, 0.3) is 32.9 Å². The van der Waals surface area contributed by atoms with Crippen LogP contribution in [0.4, 0.5) is 5.69 Å². The zero-order valence-corrected chi connectivity index (χ0v) is 15.7. The molecule has 0 saturated heterocycles. The fraction of sp³-hybridized carbons (Fsp3) is 0.0435. The quantitative estimate of drug-likeness (QED) is 0.410. The number of nitrogens with zero attached hydrogens (tertiary/aromatic N) is 1. The molecule has 0 saturated carbocycles. The van der Waals surface area contributed by atoms with Crippen LogP contribution < -0.4 is 10.1 Å². The summed E-state index contributed by atoms with van der Waals surface area (Å²) in [6.07, 6.45) is 3.64. The molecule has 0 unspecified atom stereocenters. The number of aromatic nitrogens is 3. The molecule has 0 spiro atoms. The topological polar surface area (TPSA) is 82.8 Å². The van der Waals surface area contributed by atoms with E-state index in [2.05, 4.69) is 32.6 Å². The largest absolute Gasteiger partial charge is 0.496 e. The number of ether oxygens (including phenoxy) is 1. The number of benzene rings is 3. The van der Waals surface area contributed by atoms with E-state index in [9.17, 15) is 4.79 Å². The average molecular weight is 382 g/mol. The monoisotopic (exact) mass is 382 g/mol. The van der Waals surface area contributed by atoms with Gasteiger partial charge in [-0.05, 0) is 47.5 Å². The van der Waals surface area contributed by atoms with Gasteiger partial charge in [-0.25, -0.2) is 0 Å². The summed E-state index contributed by atoms with van der Waals surface area (Å²) >= 11 is 0. The molecular formula is C23H18N4O2. The van der Waals surface area contributed by atoms with Gasteiger partial charge in [0.05, 0.1) is 30.1 Å². The van der Waals surface area contributed by atoms with Crippen molar-refractivity contribution in [2.45, 2.75) is 0 Å². The predicted molar refractivity (Wildman–Crippen MR) is 114 cm³/mol. The first kappa shape index (κ1) is 17.1. The molecule has 0 atom stereocenters. The second-order valence-electron chi connectivity index (χ2n) is 6.75. The van der Waals surface area contributed by atoms with Gasteiger partial charge < -0.3 is 15.0 Å². The Bertz CT molecular complexity index is 1350. The van der Waals surface area contributed by atoms with Gasteiger partial charge >= 0.3 is 0 Å². The van der Waals surface area contributed by atoms with Crippen LogP contribution in [-0.2, 0) is 0 Å². The number of H-pyrrole nitrogens is 2. The van der Waals surface area contributed by atoms with Crippen LogP contribution in [0.5, 0.6) is 5.75 Å². The Morgan fingerprint density at radius 2 is 1.90 bits per heavy atom. The summed E-state index contributed by atoms with van der Waals surface area (Å²) < 4.78 is 5.33. The molecule has 0 bridgehead atoms. The molecule has 29 heavy (non-hydrogen) atoms. The third-order valence-corrected chi connectivity index (χ3v) is 5.06. The first-order valence-electron chi connectivity index (χ1n) is 9.22. The maximum atomic E-state index is 13.0. The van der Waals surface area contributed by atoms with Crippen LogP contribution in [0.2, 0.25) is 0 Å². The van der Waals surface area contributed by atoms with Crippen LogP contribution in [0, 0.1) is 0 Å². The standard InChI is InChI=1S/C23H18N4O2/c1-29-22-8-3-2-5-17(22)23(28)26-20-11-14(12-21-18(20)13-25-27-21)15-6-4-7-19-16(15)9-10-24-19/h2-13,24H,1H3,(H,25,27)(H,26,28). The highest BCUT2D eigenvalue weighted by molar-refractivity contribution is 6.11. The first-order valence-corrected chi connectivity index (χ1v) is 9.22. The smallest absolute Gasteiger partial charge is 0.259 e. The van der Waals surface area contributed by atoms with E-state index in [0.717, 1.165) is 32.9 Å². The predicted octanol–water partition coefficient (Wildman–Crippen LogP) is 4.97. The molecule has 142 valence electrons. The SMILES string of the molecule is COc1ccccc1C(=O)Nc1cc(-c2cccc3[nH]ccc23)cc2[nH]ncc12. The minimum atomic E-state index is -0.234. The van der Waals surface area contributed by atoms with E-state index in [4.69, 9.17) is 4.74 Å². The molecule has 2 aromatic heterocycles. The summed E-state index contributed by atoms with van der Waals surface area (Å²) in [6, 6.07) is 19.4. The lowest BCUT2D eigenvalue weighted by atomic mass is 9.99. The van der Waals surface area contributed by atoms with E-state index in [1.165, 1.54) is 0 Å². The second-order valence-corrected chi connectivity index (χ2v) is 6.75. The number of hydrogen-bond donors (Lipinski definition) is 3. The van der Waals surface area contributed by atoms with E-state index in [-0.39, 0.29) is 5.91 Å². The van der Waals surface area contributed by atoms with Gasteiger partial charge in [0, 0.05) is 22.5 Å². The molecule has 2 heterocycles. The molecule has 3 N–H and O–H groups in total. The Morgan fingerprint density at radius 3 is 2.79 bits per heavy atom. The number of para-hydroxylation sites is 1. The molecule has 1 amide bonds. The van der Waals surface area contributed by atoms with Gasteiger partial charge in [-0.3, -0.25) is 9.89 Å². The molecule has 0 fully saturated rings. The number of fused-ring (bicyclic) bond motifs is 2. The summed E-state index contributed by atoms with van der Waals surface area (Å²) in [5, 5.41) is 12.2. The van der Waals surface area contributed by atoms with Crippen molar-refractivity contribution in [3.63, 3.8) is 0 Å². The molecule has 6 heteroatoms. The summed E-state index contributed by atoms with van der Waals surface area (Å²) in [4.78, 5) is 16.2. The van der Waals surface area contributed by atoms with Crippen LogP contribution in [0.3, 0.4) is 0 Å². The number of hydrogen-bond acceptors (Lipinski definition) is 3. The van der Waals surface area contributed by atoms with E-state index in [0.29, 0.717) is 17.0 Å². The van der Waals surface area contributed by atoms with Gasteiger partial charge in [0.2, 0.25) is 0 Å². The van der Waals surface area contributed by atoms with Crippen LogP contribution in [-0.4, -0.2) is 28.2 Å². The number of carbonyl (C=O) groups is 1. The first-order chi connectivity index (χ1) is 14.2. The fourth-order valence-electron chi connectivity index (χ4n) is 3.67. The third kappa shape index (κ3) is 2.91. The van der Waals surface area contributed by atoms with Crippen molar-refractivity contribution in [2.75, 3.05) is 12.4 Å². The zero-order valence-electron chi connectivity index (χ0n) is 15.7. The van der Waals surface area contributed by atoms with E-state index >= 15 is 0 Å². The van der Waals surface area contributed by atoms with Crippen molar-refractivity contribution in [1.29, 1.82) is 0 Å². The molecule has 0 aliphatic heterocycles. The number of amides is 1. The van der Waals surface area contributed by atoms with Gasteiger partial charge in [-0.2, -0.15) is 5.10 Å². The molecular weight excluding hydrogens is 364 g/mol. The number of rotatable bonds is 4. The number of aromatic amines is 2. The molecule has 3 aromatic carbocycles. The number of carbonyl (C=O) groups excluding carboxylic acids is 1. The van der Waals surface area contributed by atoms with Crippen molar-refractivity contribution in [2.24, 2.45) is 0 Å². The van der Waals surface area contributed by atoms with Gasteiger partial charge in [0.25, 0.3) is 5.91 Å². The maximum absolute atomic E-state index is 13.0. The summed E-state index contributed by atoms with van der Waals surface area (Å²) in [6.45, 7) is 0. The van der Waals surface area contributed by atoms with Gasteiger partial charge in [-0.1, -0.05) is 24.3 Å². The van der Waals surface area contributed by atoms with Crippen molar-refractivity contribution >= 4 is 33.4 Å². The van der Waals surface area contributed by atoms with E-state index in [1.54, 1.807) is 25.4 Å². The highest BCUT2D eigenvalue weighted by Gasteiger charge is 2.15. The number of anilines is 1. The lowest BCUT2D eigenvalue weighted by molar-refractivity contribution is 0.102. The summed E-state index contributed by atoms with van der Waals surface area (Å²) in [7, 11) is 1.55. The van der Waals surface area contributed by atoms with Gasteiger partial charge in [-0.15, -0.1) is 0 Å².